The molecule has 0 aliphatic carbocycles. The standard InChI is InChI=1S/C53H58N4O5/c54-48-20-11-12-21-49(48)56-52(60)23-10-2-1-9-22-51(59)55-34-42-18-13-19-46(32-42)43-28-30-45(31-29-43)53-61-47(33-50(62-53)44-26-24-41(38-58)25-27-44)37-57(35-39-14-5-3-6-15-39)36-40-16-7-4-8-17-40/h3-8,11-21,24-32,47,50,53,58H,1-2,9-10,22-23,33-38,54H2,(H,55,59)(H,56,60)/t47-,50+,53+/m0/s1. The lowest BCUT2D eigenvalue weighted by Crippen LogP contribution is -2.39. The number of rotatable bonds is 20. The molecular weight excluding hydrogens is 773 g/mol. The average Bonchev–Trinajstić information content (AvgIpc) is 3.31. The van der Waals surface area contributed by atoms with E-state index in [4.69, 9.17) is 15.2 Å². The zero-order chi connectivity index (χ0) is 42.9. The van der Waals surface area contributed by atoms with Gasteiger partial charge in [-0.15, -0.1) is 0 Å². The summed E-state index contributed by atoms with van der Waals surface area (Å²) in [4.78, 5) is 27.4. The third-order valence-electron chi connectivity index (χ3n) is 11.3. The van der Waals surface area contributed by atoms with Gasteiger partial charge in [0.1, 0.15) is 0 Å². The molecule has 0 radical (unpaired) electrons. The minimum Gasteiger partial charge on any atom is -0.397 e. The van der Waals surface area contributed by atoms with Crippen molar-refractivity contribution in [1.82, 2.24) is 10.2 Å². The first-order valence-electron chi connectivity index (χ1n) is 21.8. The smallest absolute Gasteiger partial charge is 0.224 e. The number of benzene rings is 6. The number of aliphatic hydroxyl groups excluding tert-OH is 1. The number of anilines is 2. The molecule has 9 heteroatoms. The molecule has 5 N–H and O–H groups in total. The number of unbranched alkanes of at least 4 members (excludes halogenated alkanes) is 3. The first-order valence-corrected chi connectivity index (χ1v) is 21.8. The quantitative estimate of drug-likeness (QED) is 0.0446. The van der Waals surface area contributed by atoms with Crippen LogP contribution in [0, 0.1) is 0 Å². The highest BCUT2D eigenvalue weighted by Gasteiger charge is 2.33. The summed E-state index contributed by atoms with van der Waals surface area (Å²) in [6, 6.07) is 53.0. The van der Waals surface area contributed by atoms with Crippen molar-refractivity contribution in [3.63, 3.8) is 0 Å². The second kappa shape index (κ2) is 22.7. The van der Waals surface area contributed by atoms with Crippen LogP contribution in [0.2, 0.25) is 0 Å². The van der Waals surface area contributed by atoms with Gasteiger partial charge < -0.3 is 30.9 Å². The topological polar surface area (TPSA) is 126 Å². The monoisotopic (exact) mass is 830 g/mol. The summed E-state index contributed by atoms with van der Waals surface area (Å²) in [5, 5.41) is 15.6. The number of nitrogens with one attached hydrogen (secondary N) is 2. The van der Waals surface area contributed by atoms with Crippen molar-refractivity contribution < 1.29 is 24.2 Å². The molecule has 6 aromatic rings. The summed E-state index contributed by atoms with van der Waals surface area (Å²) in [6.07, 6.45) is 4.02. The maximum Gasteiger partial charge on any atom is 0.224 e. The van der Waals surface area contributed by atoms with Crippen LogP contribution in [0.25, 0.3) is 11.1 Å². The van der Waals surface area contributed by atoms with E-state index in [0.717, 1.165) is 78.7 Å². The third-order valence-corrected chi connectivity index (χ3v) is 11.3. The zero-order valence-corrected chi connectivity index (χ0v) is 35.3. The van der Waals surface area contributed by atoms with Gasteiger partial charge in [0.25, 0.3) is 0 Å². The highest BCUT2D eigenvalue weighted by atomic mass is 16.7. The molecule has 0 bridgehead atoms. The van der Waals surface area contributed by atoms with Crippen molar-refractivity contribution in [2.75, 3.05) is 17.6 Å². The molecule has 0 aromatic heterocycles. The summed E-state index contributed by atoms with van der Waals surface area (Å²) >= 11 is 0. The lowest BCUT2D eigenvalue weighted by atomic mass is 9.98. The molecule has 1 aliphatic rings. The predicted molar refractivity (Wildman–Crippen MR) is 246 cm³/mol. The molecule has 9 nitrogen and oxygen atoms in total. The molecule has 1 heterocycles. The Balaban J connectivity index is 0.938. The Bertz CT molecular complexity index is 2260. The Morgan fingerprint density at radius 2 is 1.23 bits per heavy atom. The van der Waals surface area contributed by atoms with Crippen molar-refractivity contribution in [3.05, 3.63) is 191 Å². The lowest BCUT2D eigenvalue weighted by molar-refractivity contribution is -0.253. The van der Waals surface area contributed by atoms with Crippen molar-refractivity contribution in [2.45, 2.75) is 89.7 Å². The van der Waals surface area contributed by atoms with E-state index in [9.17, 15) is 14.7 Å². The normalized spacial score (nSPS) is 16.2. The molecule has 0 unspecified atom stereocenters. The molecule has 0 saturated carbocycles. The van der Waals surface area contributed by atoms with Crippen LogP contribution >= 0.6 is 0 Å². The van der Waals surface area contributed by atoms with E-state index < -0.39 is 6.29 Å². The molecule has 1 aliphatic heterocycles. The third kappa shape index (κ3) is 13.2. The Morgan fingerprint density at radius 3 is 1.89 bits per heavy atom. The van der Waals surface area contributed by atoms with E-state index >= 15 is 0 Å². The van der Waals surface area contributed by atoms with Crippen LogP contribution in [-0.2, 0) is 45.3 Å². The van der Waals surface area contributed by atoms with Gasteiger partial charge in [-0.2, -0.15) is 0 Å². The maximum absolute atomic E-state index is 12.7. The summed E-state index contributed by atoms with van der Waals surface area (Å²) in [6.45, 7) is 2.76. The average molecular weight is 831 g/mol. The largest absolute Gasteiger partial charge is 0.397 e. The molecule has 1 saturated heterocycles. The summed E-state index contributed by atoms with van der Waals surface area (Å²) in [5.41, 5.74) is 15.6. The number of carbonyl (C=O) groups excluding carboxylic acids is 2. The highest BCUT2D eigenvalue weighted by Crippen LogP contribution is 2.39. The summed E-state index contributed by atoms with van der Waals surface area (Å²) in [5.74, 6) is -0.0267. The van der Waals surface area contributed by atoms with Crippen LogP contribution in [0.3, 0.4) is 0 Å². The van der Waals surface area contributed by atoms with Gasteiger partial charge in [-0.1, -0.05) is 152 Å². The number of hydrogen-bond acceptors (Lipinski definition) is 7. The predicted octanol–water partition coefficient (Wildman–Crippen LogP) is 10.3. The molecule has 0 spiro atoms. The Hall–Kier alpha value is -6.10. The fraction of sp³-hybridized carbons (Fsp3) is 0.283. The van der Waals surface area contributed by atoms with Crippen LogP contribution in [0.4, 0.5) is 11.4 Å². The summed E-state index contributed by atoms with van der Waals surface area (Å²) in [7, 11) is 0. The zero-order valence-electron chi connectivity index (χ0n) is 35.3. The summed E-state index contributed by atoms with van der Waals surface area (Å²) < 4.78 is 13.5. The molecule has 2 amide bonds. The van der Waals surface area contributed by atoms with E-state index in [1.165, 1.54) is 11.1 Å². The Labute approximate surface area is 365 Å². The van der Waals surface area contributed by atoms with Gasteiger partial charge in [-0.3, -0.25) is 14.5 Å². The number of aliphatic hydroxyl groups is 1. The van der Waals surface area contributed by atoms with Crippen molar-refractivity contribution in [3.8, 4) is 11.1 Å². The fourth-order valence-electron chi connectivity index (χ4n) is 7.92. The van der Waals surface area contributed by atoms with Crippen LogP contribution in [0.5, 0.6) is 0 Å². The van der Waals surface area contributed by atoms with E-state index in [1.807, 2.05) is 36.4 Å². The Morgan fingerprint density at radius 1 is 0.613 bits per heavy atom. The second-order valence-corrected chi connectivity index (χ2v) is 16.1. The molecule has 320 valence electrons. The van der Waals surface area contributed by atoms with Crippen LogP contribution in [0.15, 0.2) is 158 Å². The second-order valence-electron chi connectivity index (χ2n) is 16.1. The number of amides is 2. The number of para-hydroxylation sites is 2. The first-order chi connectivity index (χ1) is 30.4. The SMILES string of the molecule is Nc1ccccc1NC(=O)CCCCCCC(=O)NCc1cccc(-c2ccc([C@@H]3O[C@H](CN(Cc4ccccc4)Cc4ccccc4)C[C@H](c4ccc(CO)cc4)O3)cc2)c1. The molecule has 7 rings (SSSR count). The van der Waals surface area contributed by atoms with Crippen LogP contribution in [0.1, 0.15) is 90.7 Å². The molecule has 3 atom stereocenters. The molecule has 6 aromatic carbocycles. The number of ether oxygens (including phenoxy) is 2. The van der Waals surface area contributed by atoms with Crippen molar-refractivity contribution in [1.29, 1.82) is 0 Å². The number of nitrogens with two attached hydrogens (primary N) is 1. The first kappa shape index (κ1) is 44.0. The lowest BCUT2D eigenvalue weighted by Gasteiger charge is -2.38. The van der Waals surface area contributed by atoms with Crippen LogP contribution < -0.4 is 16.4 Å². The van der Waals surface area contributed by atoms with Crippen molar-refractivity contribution >= 4 is 23.2 Å². The van der Waals surface area contributed by atoms with E-state index in [0.29, 0.717) is 37.2 Å². The maximum atomic E-state index is 12.7. The van der Waals surface area contributed by atoms with Gasteiger partial charge >= 0.3 is 0 Å². The van der Waals surface area contributed by atoms with Gasteiger partial charge in [0, 0.05) is 51.0 Å². The van der Waals surface area contributed by atoms with Crippen LogP contribution in [-0.4, -0.2) is 34.5 Å². The van der Waals surface area contributed by atoms with E-state index in [-0.39, 0.29) is 30.6 Å². The van der Waals surface area contributed by atoms with Gasteiger partial charge in [-0.05, 0) is 70.0 Å². The van der Waals surface area contributed by atoms with Gasteiger partial charge in [0.2, 0.25) is 11.8 Å². The van der Waals surface area contributed by atoms with Gasteiger partial charge in [-0.25, -0.2) is 0 Å². The Kier molecular flexibility index (Phi) is 16.1. The number of carbonyl (C=O) groups is 2. The number of hydrogen-bond donors (Lipinski definition) is 4. The van der Waals surface area contributed by atoms with Gasteiger partial charge in [0.05, 0.1) is 30.2 Å². The minimum absolute atomic E-state index is 0.00378. The molecule has 62 heavy (non-hydrogen) atoms. The molecule has 1 fully saturated rings. The molecular formula is C53H58N4O5. The van der Waals surface area contributed by atoms with E-state index in [2.05, 4.69) is 125 Å². The van der Waals surface area contributed by atoms with Crippen molar-refractivity contribution in [2.24, 2.45) is 0 Å². The highest BCUT2D eigenvalue weighted by molar-refractivity contribution is 5.93. The van der Waals surface area contributed by atoms with Gasteiger partial charge in [0.15, 0.2) is 6.29 Å². The number of nitrogens with zero attached hydrogens (tertiary/aromatic N) is 1. The number of nitrogen functional groups attached to an aromatic ring is 1. The minimum atomic E-state index is -0.568. The van der Waals surface area contributed by atoms with E-state index in [1.54, 1.807) is 12.1 Å². The fourth-order valence-corrected chi connectivity index (χ4v) is 7.92.